The largest absolute Gasteiger partial charge is 0.374 e. The normalized spacial score (nSPS) is 32.8. The van der Waals surface area contributed by atoms with Crippen LogP contribution in [0.2, 0.25) is 0 Å². The maximum atomic E-state index is 12.9. The van der Waals surface area contributed by atoms with Crippen molar-refractivity contribution in [3.63, 3.8) is 0 Å². The molecule has 3 aromatic rings. The quantitative estimate of drug-likeness (QED) is 0.241. The van der Waals surface area contributed by atoms with E-state index in [1.807, 2.05) is 119 Å². The van der Waals surface area contributed by atoms with Crippen molar-refractivity contribution in [2.75, 3.05) is 13.2 Å². The maximum Gasteiger partial charge on any atom is 0.217 e. The van der Waals surface area contributed by atoms with E-state index in [9.17, 15) is 4.79 Å². The minimum Gasteiger partial charge on any atom is -0.374 e. The van der Waals surface area contributed by atoms with Crippen LogP contribution in [0.15, 0.2) is 91.0 Å². The summed E-state index contributed by atoms with van der Waals surface area (Å²) in [6.45, 7) is 10.0. The van der Waals surface area contributed by atoms with Gasteiger partial charge < -0.3 is 52.7 Å². The Morgan fingerprint density at radius 2 is 1.13 bits per heavy atom. The van der Waals surface area contributed by atoms with Crippen LogP contribution in [0.1, 0.15) is 51.3 Å². The fraction of sp³-hybridized carbons (Fsp3) is 0.537. The third-order valence-electron chi connectivity index (χ3n) is 9.66. The summed E-state index contributed by atoms with van der Waals surface area (Å²) in [4.78, 5) is 12.9. The summed E-state index contributed by atoms with van der Waals surface area (Å²) in [6, 6.07) is 28.9. The average molecular weight is 734 g/mol. The first kappa shape index (κ1) is 38.0. The van der Waals surface area contributed by atoms with Crippen LogP contribution < -0.4 is 5.32 Å². The van der Waals surface area contributed by atoms with E-state index >= 15 is 0 Å². The number of carbonyl (C=O) groups excluding carboxylic acids is 1. The third kappa shape index (κ3) is 9.52. The molecule has 4 heterocycles. The monoisotopic (exact) mass is 733 g/mol. The van der Waals surface area contributed by atoms with Crippen LogP contribution in [-0.4, -0.2) is 92.0 Å². The van der Waals surface area contributed by atoms with Gasteiger partial charge in [0, 0.05) is 6.92 Å². The Hall–Kier alpha value is -3.27. The van der Waals surface area contributed by atoms with E-state index in [1.54, 1.807) is 0 Å². The van der Waals surface area contributed by atoms with Crippen LogP contribution in [0.25, 0.3) is 0 Å². The SMILES string of the molecule is CC(=O)N[C@H]1[C@H](OC[C@H]2O[C@@H]3OC(C)(C)O[C@@H]3[C@H]3OC(C)(C)O[C@H]32)O[C@H](COCc2ccccc2)[C@@H](OCc2ccccc2)[C@@H]1OCc1ccccc1. The van der Waals surface area contributed by atoms with Crippen molar-refractivity contribution in [2.24, 2.45) is 0 Å². The van der Waals surface area contributed by atoms with Gasteiger partial charge in [0.2, 0.25) is 5.91 Å². The molecule has 0 spiro atoms. The lowest BCUT2D eigenvalue weighted by Crippen LogP contribution is -2.66. The predicted octanol–water partition coefficient (Wildman–Crippen LogP) is 5.02. The molecule has 0 radical (unpaired) electrons. The molecule has 4 saturated heterocycles. The molecule has 4 fully saturated rings. The Kier molecular flexibility index (Phi) is 11.9. The second-order valence-corrected chi connectivity index (χ2v) is 14.8. The zero-order chi connectivity index (χ0) is 37.0. The van der Waals surface area contributed by atoms with Crippen molar-refractivity contribution in [3.8, 4) is 0 Å². The van der Waals surface area contributed by atoms with Gasteiger partial charge in [-0.05, 0) is 44.4 Å². The van der Waals surface area contributed by atoms with E-state index < -0.39 is 72.9 Å². The molecule has 0 aromatic heterocycles. The van der Waals surface area contributed by atoms with Crippen molar-refractivity contribution in [2.45, 2.75) is 127 Å². The van der Waals surface area contributed by atoms with Crippen LogP contribution in [0.3, 0.4) is 0 Å². The van der Waals surface area contributed by atoms with Gasteiger partial charge in [-0.25, -0.2) is 0 Å². The summed E-state index contributed by atoms with van der Waals surface area (Å²) in [7, 11) is 0. The molecular formula is C41H51NO11. The van der Waals surface area contributed by atoms with Gasteiger partial charge in [-0.3, -0.25) is 4.79 Å². The third-order valence-corrected chi connectivity index (χ3v) is 9.66. The van der Waals surface area contributed by atoms with E-state index in [0.29, 0.717) is 13.2 Å². The lowest BCUT2D eigenvalue weighted by atomic mass is 9.95. The highest BCUT2D eigenvalue weighted by molar-refractivity contribution is 5.73. The zero-order valence-electron chi connectivity index (χ0n) is 31.0. The molecular weight excluding hydrogens is 682 g/mol. The van der Waals surface area contributed by atoms with Gasteiger partial charge in [0.05, 0.1) is 33.0 Å². The number of rotatable bonds is 14. The Morgan fingerprint density at radius 1 is 0.604 bits per heavy atom. The van der Waals surface area contributed by atoms with Gasteiger partial charge in [0.1, 0.15) is 48.8 Å². The Labute approximate surface area is 311 Å². The van der Waals surface area contributed by atoms with Gasteiger partial charge in [0.15, 0.2) is 24.2 Å². The van der Waals surface area contributed by atoms with E-state index in [0.717, 1.165) is 16.7 Å². The van der Waals surface area contributed by atoms with Crippen LogP contribution in [0, 0.1) is 0 Å². The van der Waals surface area contributed by atoms with Crippen molar-refractivity contribution in [1.29, 1.82) is 0 Å². The topological polar surface area (TPSA) is 121 Å². The number of amides is 1. The summed E-state index contributed by atoms with van der Waals surface area (Å²) < 4.78 is 64.4. The number of carbonyl (C=O) groups is 1. The lowest BCUT2D eigenvalue weighted by molar-refractivity contribution is -0.305. The van der Waals surface area contributed by atoms with Gasteiger partial charge in [-0.1, -0.05) is 91.0 Å². The smallest absolute Gasteiger partial charge is 0.217 e. The van der Waals surface area contributed by atoms with Crippen LogP contribution >= 0.6 is 0 Å². The average Bonchev–Trinajstić information content (AvgIpc) is 3.64. The predicted molar refractivity (Wildman–Crippen MR) is 191 cm³/mol. The van der Waals surface area contributed by atoms with Gasteiger partial charge in [-0.15, -0.1) is 0 Å². The molecule has 1 amide bonds. The van der Waals surface area contributed by atoms with Crippen molar-refractivity contribution in [1.82, 2.24) is 5.32 Å². The first-order valence-electron chi connectivity index (χ1n) is 18.4. The molecule has 1 N–H and O–H groups in total. The molecule has 0 bridgehead atoms. The Balaban J connectivity index is 1.16. The first-order chi connectivity index (χ1) is 25.5. The fourth-order valence-electron chi connectivity index (χ4n) is 7.39. The molecule has 7 rings (SSSR count). The minimum atomic E-state index is -0.978. The molecule has 0 aliphatic carbocycles. The maximum absolute atomic E-state index is 12.9. The Bertz CT molecular complexity index is 1610. The number of ether oxygens (including phenoxy) is 10. The molecule has 53 heavy (non-hydrogen) atoms. The zero-order valence-corrected chi connectivity index (χ0v) is 31.0. The highest BCUT2D eigenvalue weighted by Gasteiger charge is 2.61. The summed E-state index contributed by atoms with van der Waals surface area (Å²) >= 11 is 0. The number of nitrogens with one attached hydrogen (secondary N) is 1. The first-order valence-corrected chi connectivity index (χ1v) is 18.4. The number of hydrogen-bond donors (Lipinski definition) is 1. The molecule has 4 aliphatic rings. The molecule has 12 nitrogen and oxygen atoms in total. The van der Waals surface area contributed by atoms with E-state index in [4.69, 9.17) is 47.4 Å². The molecule has 0 unspecified atom stereocenters. The molecule has 286 valence electrons. The van der Waals surface area contributed by atoms with E-state index in [1.165, 1.54) is 6.92 Å². The number of benzene rings is 3. The summed E-state index contributed by atoms with van der Waals surface area (Å²) in [5, 5.41) is 3.07. The van der Waals surface area contributed by atoms with Crippen LogP contribution in [-0.2, 0) is 72.0 Å². The minimum absolute atomic E-state index is 0.0346. The van der Waals surface area contributed by atoms with Crippen molar-refractivity contribution < 1.29 is 52.2 Å². The van der Waals surface area contributed by atoms with Crippen molar-refractivity contribution >= 4 is 5.91 Å². The molecule has 10 atom stereocenters. The Morgan fingerprint density at radius 3 is 1.74 bits per heavy atom. The molecule has 12 heteroatoms. The highest BCUT2D eigenvalue weighted by Crippen LogP contribution is 2.44. The van der Waals surface area contributed by atoms with Crippen LogP contribution in [0.4, 0.5) is 0 Å². The second kappa shape index (κ2) is 16.6. The lowest BCUT2D eigenvalue weighted by Gasteiger charge is -2.46. The summed E-state index contributed by atoms with van der Waals surface area (Å²) in [6.07, 6.45) is -5.70. The van der Waals surface area contributed by atoms with Gasteiger partial charge in [0.25, 0.3) is 0 Å². The summed E-state index contributed by atoms with van der Waals surface area (Å²) in [5.41, 5.74) is 2.98. The van der Waals surface area contributed by atoms with Gasteiger partial charge >= 0.3 is 0 Å². The summed E-state index contributed by atoms with van der Waals surface area (Å²) in [5.74, 6) is -2.01. The molecule has 0 saturated carbocycles. The highest BCUT2D eigenvalue weighted by atomic mass is 16.9. The van der Waals surface area contributed by atoms with Gasteiger partial charge in [-0.2, -0.15) is 0 Å². The fourth-order valence-corrected chi connectivity index (χ4v) is 7.39. The number of fused-ring (bicyclic) bond motifs is 3. The standard InChI is InChI=1S/C41H51NO11/c1-26(43)42-32-35(46-23-29-19-13-8-14-20-29)33(45-22-28-17-11-7-12-18-28)30(24-44-21-27-15-9-6-10-16-27)48-38(32)47-25-31-34-36(51-40(2,3)50-34)37-39(49-31)53-41(4,5)52-37/h6-20,30-39H,21-25H2,1-5H3,(H,42,43)/t30-,31-,32-,33-,34+,35-,36+,37-,38-,39-/m1/s1. The van der Waals surface area contributed by atoms with E-state index in [2.05, 4.69) is 5.32 Å². The van der Waals surface area contributed by atoms with E-state index in [-0.39, 0.29) is 25.7 Å². The number of hydrogen-bond acceptors (Lipinski definition) is 11. The second-order valence-electron chi connectivity index (χ2n) is 14.8. The van der Waals surface area contributed by atoms with Crippen LogP contribution in [0.5, 0.6) is 0 Å². The van der Waals surface area contributed by atoms with Crippen molar-refractivity contribution in [3.05, 3.63) is 108 Å². The molecule has 4 aliphatic heterocycles. The molecule has 3 aromatic carbocycles.